The highest BCUT2D eigenvalue weighted by atomic mass is 32.2. The second-order valence-corrected chi connectivity index (χ2v) is 11.6. The molecule has 3 aliphatic rings. The number of benzene rings is 1. The zero-order chi connectivity index (χ0) is 25.2. The zero-order valence-corrected chi connectivity index (χ0v) is 20.2. The Morgan fingerprint density at radius 3 is 2.60 bits per heavy atom. The summed E-state index contributed by atoms with van der Waals surface area (Å²) < 4.78 is 85.0. The van der Waals surface area contributed by atoms with Gasteiger partial charge in [-0.15, -0.1) is 0 Å². The summed E-state index contributed by atoms with van der Waals surface area (Å²) in [5.41, 5.74) is 4.15. The minimum Gasteiger partial charge on any atom is -0.270 e. The fourth-order valence-electron chi connectivity index (χ4n) is 6.14. The summed E-state index contributed by atoms with van der Waals surface area (Å²) in [4.78, 5) is 0. The molecule has 0 radical (unpaired) electrons. The largest absolute Gasteiger partial charge is 0.392 e. The first kappa shape index (κ1) is 24.2. The smallest absolute Gasteiger partial charge is 0.270 e. The summed E-state index contributed by atoms with van der Waals surface area (Å²) in [6.45, 7) is 1.57. The van der Waals surface area contributed by atoms with E-state index in [1.165, 1.54) is 12.1 Å². The van der Waals surface area contributed by atoms with Crippen LogP contribution in [0.3, 0.4) is 0 Å². The van der Waals surface area contributed by atoms with Crippen molar-refractivity contribution in [1.29, 1.82) is 0 Å². The van der Waals surface area contributed by atoms with Crippen molar-refractivity contribution in [2.24, 2.45) is 23.2 Å². The van der Waals surface area contributed by atoms with Gasteiger partial charge in [0.25, 0.3) is 10.1 Å². The van der Waals surface area contributed by atoms with E-state index in [0.29, 0.717) is 19.3 Å². The van der Waals surface area contributed by atoms with E-state index in [-0.39, 0.29) is 12.2 Å². The van der Waals surface area contributed by atoms with Crippen molar-refractivity contribution in [3.05, 3.63) is 64.8 Å². The molecular weight excluding hydrogens is 484 g/mol. The fraction of sp³-hybridized carbons (Fsp3) is 0.480. The van der Waals surface area contributed by atoms with Gasteiger partial charge in [-0.3, -0.25) is 4.18 Å². The van der Waals surface area contributed by atoms with E-state index in [1.54, 1.807) is 29.1 Å². The van der Waals surface area contributed by atoms with E-state index < -0.39 is 46.1 Å². The van der Waals surface area contributed by atoms with Crippen molar-refractivity contribution in [3.8, 4) is 5.69 Å². The van der Waals surface area contributed by atoms with Gasteiger partial charge in [0.15, 0.2) is 0 Å². The topological polar surface area (TPSA) is 61.2 Å². The summed E-state index contributed by atoms with van der Waals surface area (Å²) in [7, 11) is -3.87. The van der Waals surface area contributed by atoms with Crippen LogP contribution in [0.5, 0.6) is 0 Å². The summed E-state index contributed by atoms with van der Waals surface area (Å²) in [6, 6.07) is 6.05. The molecule has 3 unspecified atom stereocenters. The minimum absolute atomic E-state index is 0.197. The van der Waals surface area contributed by atoms with Gasteiger partial charge in [0, 0.05) is 11.3 Å². The number of hydrogen-bond acceptors (Lipinski definition) is 4. The minimum atomic E-state index is -4.44. The molecule has 5 nitrogen and oxygen atoms in total. The highest BCUT2D eigenvalue weighted by molar-refractivity contribution is 7.85. The molecule has 1 saturated carbocycles. The standard InChI is InChI=1S/C25H26F4N2O3S/c1-24-12-15-13-30-31(18-6-4-17(26)5-7-18)23(15)11-16(24)3-8-19-20(14-34-35(2,32)33)22(25(27,28)29)10-9-21(19)24/h4-7,9,11,13,19-20,22H,3,8,10,12,14H2,1-2H3/t19?,20?,22?,24-/m0/s1. The van der Waals surface area contributed by atoms with Gasteiger partial charge in [-0.05, 0) is 67.5 Å². The number of allylic oxidation sites excluding steroid dienone is 3. The Kier molecular flexibility index (Phi) is 5.75. The van der Waals surface area contributed by atoms with E-state index in [9.17, 15) is 26.0 Å². The fourth-order valence-corrected chi connectivity index (χ4v) is 6.55. The monoisotopic (exact) mass is 510 g/mol. The van der Waals surface area contributed by atoms with Crippen LogP contribution in [0.15, 0.2) is 47.7 Å². The van der Waals surface area contributed by atoms with Crippen LogP contribution in [-0.2, 0) is 20.7 Å². The van der Waals surface area contributed by atoms with E-state index in [0.717, 1.165) is 34.3 Å². The van der Waals surface area contributed by atoms with Gasteiger partial charge < -0.3 is 0 Å². The van der Waals surface area contributed by atoms with E-state index >= 15 is 0 Å². The second-order valence-electron chi connectivity index (χ2n) is 9.96. The Morgan fingerprint density at radius 2 is 1.94 bits per heavy atom. The van der Waals surface area contributed by atoms with Crippen LogP contribution >= 0.6 is 0 Å². The highest BCUT2D eigenvalue weighted by Crippen LogP contribution is 2.58. The molecule has 1 aromatic carbocycles. The maximum Gasteiger partial charge on any atom is 0.392 e. The van der Waals surface area contributed by atoms with Crippen LogP contribution in [0, 0.1) is 29.0 Å². The Labute approximate surface area is 201 Å². The van der Waals surface area contributed by atoms with Gasteiger partial charge in [0.05, 0.1) is 36.4 Å². The van der Waals surface area contributed by atoms with Crippen LogP contribution in [0.4, 0.5) is 17.6 Å². The molecule has 0 aliphatic heterocycles. The van der Waals surface area contributed by atoms with Crippen molar-refractivity contribution in [1.82, 2.24) is 9.78 Å². The summed E-state index contributed by atoms with van der Waals surface area (Å²) in [5, 5.41) is 4.50. The Bertz CT molecular complexity index is 1310. The number of aromatic nitrogens is 2. The van der Waals surface area contributed by atoms with Crippen LogP contribution in [0.25, 0.3) is 11.8 Å². The van der Waals surface area contributed by atoms with Crippen LogP contribution in [0.1, 0.15) is 37.4 Å². The van der Waals surface area contributed by atoms with E-state index in [2.05, 4.69) is 18.1 Å². The maximum absolute atomic E-state index is 13.9. The van der Waals surface area contributed by atoms with Crippen LogP contribution in [0.2, 0.25) is 0 Å². The first-order chi connectivity index (χ1) is 16.4. The van der Waals surface area contributed by atoms with Crippen LogP contribution in [-0.4, -0.2) is 37.2 Å². The summed E-state index contributed by atoms with van der Waals surface area (Å²) in [6.07, 6.45) is 3.41. The van der Waals surface area contributed by atoms with Crippen LogP contribution < -0.4 is 0 Å². The van der Waals surface area contributed by atoms with E-state index in [4.69, 9.17) is 4.18 Å². The van der Waals surface area contributed by atoms with E-state index in [1.807, 2.05) is 0 Å². The molecule has 0 amide bonds. The number of rotatable bonds is 4. The maximum atomic E-state index is 13.9. The highest BCUT2D eigenvalue weighted by Gasteiger charge is 2.54. The molecule has 1 aromatic heterocycles. The lowest BCUT2D eigenvalue weighted by Gasteiger charge is -2.51. The lowest BCUT2D eigenvalue weighted by Crippen LogP contribution is -2.46. The molecule has 188 valence electrons. The SMILES string of the molecule is C[C@]12Cc3cnn(-c4ccc(F)cc4)c3C=C1CCC1C2=CCC(C(F)(F)F)C1COS(C)(=O)=O. The van der Waals surface area contributed by atoms with Crippen molar-refractivity contribution >= 4 is 16.2 Å². The third-order valence-corrected chi connectivity index (χ3v) is 8.37. The molecule has 5 rings (SSSR count). The Hall–Kier alpha value is -2.46. The molecule has 1 fully saturated rings. The van der Waals surface area contributed by atoms with Gasteiger partial charge in [-0.25, -0.2) is 9.07 Å². The molecule has 10 heteroatoms. The molecule has 35 heavy (non-hydrogen) atoms. The third kappa shape index (κ3) is 4.35. The molecule has 0 bridgehead atoms. The molecule has 4 atom stereocenters. The van der Waals surface area contributed by atoms with Gasteiger partial charge >= 0.3 is 6.18 Å². The normalized spacial score (nSPS) is 28.5. The van der Waals surface area contributed by atoms with Crippen molar-refractivity contribution in [2.45, 2.75) is 38.8 Å². The number of alkyl halides is 3. The first-order valence-electron chi connectivity index (χ1n) is 11.5. The first-order valence-corrected chi connectivity index (χ1v) is 13.3. The molecule has 3 aliphatic carbocycles. The lowest BCUT2D eigenvalue weighted by atomic mass is 9.54. The lowest BCUT2D eigenvalue weighted by molar-refractivity contribution is -0.198. The van der Waals surface area contributed by atoms with Gasteiger partial charge in [0.2, 0.25) is 0 Å². The predicted octanol–water partition coefficient (Wildman–Crippen LogP) is 5.47. The molecule has 0 spiro atoms. The number of halogens is 4. The zero-order valence-electron chi connectivity index (χ0n) is 19.3. The molecule has 1 heterocycles. The quantitative estimate of drug-likeness (QED) is 0.311. The number of fused-ring (bicyclic) bond motifs is 4. The van der Waals surface area contributed by atoms with Gasteiger partial charge in [-0.1, -0.05) is 24.1 Å². The third-order valence-electron chi connectivity index (χ3n) is 7.80. The van der Waals surface area contributed by atoms with Gasteiger partial charge in [-0.2, -0.15) is 26.7 Å². The average molecular weight is 511 g/mol. The summed E-state index contributed by atoms with van der Waals surface area (Å²) >= 11 is 0. The molecule has 2 aromatic rings. The average Bonchev–Trinajstić information content (AvgIpc) is 3.17. The van der Waals surface area contributed by atoms with Crippen molar-refractivity contribution < 1.29 is 30.2 Å². The number of nitrogens with zero attached hydrogens (tertiary/aromatic N) is 2. The molecular formula is C25H26F4N2O3S. The Balaban J connectivity index is 1.51. The second kappa shape index (κ2) is 8.30. The number of hydrogen-bond donors (Lipinski definition) is 0. The summed E-state index contributed by atoms with van der Waals surface area (Å²) in [5.74, 6) is -3.37. The predicted molar refractivity (Wildman–Crippen MR) is 123 cm³/mol. The van der Waals surface area contributed by atoms with Crippen molar-refractivity contribution in [2.75, 3.05) is 12.9 Å². The Morgan fingerprint density at radius 1 is 1.23 bits per heavy atom. The molecule has 0 saturated heterocycles. The molecule has 0 N–H and O–H groups in total. The van der Waals surface area contributed by atoms with Crippen molar-refractivity contribution in [3.63, 3.8) is 0 Å². The van der Waals surface area contributed by atoms with Gasteiger partial charge in [0.1, 0.15) is 5.82 Å².